The third kappa shape index (κ3) is 4.01. The van der Waals surface area contributed by atoms with Gasteiger partial charge in [-0.05, 0) is 10.8 Å². The largest absolute Gasteiger partial charge is 1.00 e. The number of hydrogen-bond donors (Lipinski definition) is 0. The Balaban J connectivity index is 0.00000200. The van der Waals surface area contributed by atoms with Gasteiger partial charge in [0.15, 0.2) is 0 Å². The number of alkyl halides is 3. The zero-order chi connectivity index (χ0) is 14.3. The minimum absolute atomic E-state index is 0. The Hall–Kier alpha value is -0.0187. The second-order valence-corrected chi connectivity index (χ2v) is 4.25. The monoisotopic (exact) mass is 316 g/mol. The van der Waals surface area contributed by atoms with Gasteiger partial charge in [-0.15, -0.1) is 0 Å². The fourth-order valence-corrected chi connectivity index (χ4v) is 2.02. The van der Waals surface area contributed by atoms with Crippen molar-refractivity contribution in [3.8, 4) is 0 Å². The van der Waals surface area contributed by atoms with E-state index in [9.17, 15) is 26.1 Å². The van der Waals surface area contributed by atoms with Crippen molar-refractivity contribution in [2.75, 3.05) is 0 Å². The van der Waals surface area contributed by atoms with Gasteiger partial charge in [-0.3, -0.25) is 0 Å². The van der Waals surface area contributed by atoms with Crippen molar-refractivity contribution in [1.29, 1.82) is 0 Å². The normalized spacial score (nSPS) is 13.9. The molecule has 0 aliphatic heterocycles. The van der Waals surface area contributed by atoms with Crippen molar-refractivity contribution < 1.29 is 77.5 Å². The Labute approximate surface area is 154 Å². The van der Waals surface area contributed by atoms with Gasteiger partial charge in [0.2, 0.25) is 0 Å². The predicted octanol–water partition coefficient (Wildman–Crippen LogP) is 1.88. The van der Waals surface area contributed by atoms with Gasteiger partial charge in [-0.2, -0.15) is 13.2 Å². The summed E-state index contributed by atoms with van der Waals surface area (Å²) in [5, 5.41) is 0.955. The first-order valence-corrected chi connectivity index (χ1v) is 5.45. The predicted molar refractivity (Wildman–Crippen MR) is 61.8 cm³/mol. The summed E-state index contributed by atoms with van der Waals surface area (Å²) in [6, 6.07) is 9.43. The van der Waals surface area contributed by atoms with Crippen molar-refractivity contribution in [2.24, 2.45) is 0 Å². The van der Waals surface area contributed by atoms with Crippen LogP contribution in [-0.2, 0) is 0 Å². The molecule has 8 heteroatoms. The molecule has 20 heavy (non-hydrogen) atoms. The summed E-state index contributed by atoms with van der Waals surface area (Å²) in [5.74, 6) is -3.39. The summed E-state index contributed by atoms with van der Waals surface area (Å²) >= 11 is 0. The molecule has 0 saturated heterocycles. The Morgan fingerprint density at radius 2 is 1.40 bits per heavy atom. The van der Waals surface area contributed by atoms with E-state index in [0.29, 0.717) is 10.8 Å². The van der Waals surface area contributed by atoms with Crippen LogP contribution in [0.1, 0.15) is 11.4 Å². The van der Waals surface area contributed by atoms with Gasteiger partial charge in [0.1, 0.15) is 0 Å². The minimum atomic E-state index is -6.04. The first-order chi connectivity index (χ1) is 8.69. The summed E-state index contributed by atoms with van der Waals surface area (Å²) in [6.45, 7) is -6.04. The zero-order valence-electron chi connectivity index (χ0n) is 10.5. The van der Waals surface area contributed by atoms with Gasteiger partial charge in [-0.25, -0.2) is 0 Å². The average molecular weight is 316 g/mol. The van der Waals surface area contributed by atoms with E-state index < -0.39 is 24.5 Å². The van der Waals surface area contributed by atoms with Crippen molar-refractivity contribution in [1.82, 2.24) is 0 Å². The maximum atomic E-state index is 12.6. The smallest absolute Gasteiger partial charge is 0.448 e. The topological polar surface area (TPSA) is 0 Å². The molecule has 0 radical (unpaired) electrons. The van der Waals surface area contributed by atoms with Gasteiger partial charge in [0.25, 0.3) is 0 Å². The zero-order valence-corrected chi connectivity index (χ0v) is 13.6. The van der Waals surface area contributed by atoms with Crippen LogP contribution >= 0.6 is 0 Å². The first-order valence-electron chi connectivity index (χ1n) is 5.45. The molecule has 0 fully saturated rings. The molecule has 2 aromatic carbocycles. The van der Waals surface area contributed by atoms with Gasteiger partial charge < -0.3 is 12.9 Å². The Kier molecular flexibility index (Phi) is 5.76. The summed E-state index contributed by atoms with van der Waals surface area (Å²) in [7, 11) is 0. The van der Waals surface area contributed by atoms with Crippen LogP contribution in [0, 0.1) is 0 Å². The van der Waals surface area contributed by atoms with E-state index in [1.54, 1.807) is 18.2 Å². The standard InChI is InChI=1S/C12H8BF6.K/c14-12(15,16)11(13(17,18)19)10-6-5-8-3-1-2-4-9(8)7-10;/h1-7,11H;/q-1;+1. The molecule has 0 aromatic heterocycles. The van der Waals surface area contributed by atoms with Crippen molar-refractivity contribution >= 4 is 17.7 Å². The van der Waals surface area contributed by atoms with Crippen molar-refractivity contribution in [2.45, 2.75) is 12.0 Å². The SMILES string of the molecule is F[B-](F)(F)C(c1ccc2ccccc2c1)C(F)(F)F.[K+]. The summed E-state index contributed by atoms with van der Waals surface area (Å²) in [4.78, 5) is 0. The third-order valence-corrected chi connectivity index (χ3v) is 2.86. The van der Waals surface area contributed by atoms with Gasteiger partial charge in [0, 0.05) is 5.82 Å². The number of fused-ring (bicyclic) bond motifs is 1. The third-order valence-electron chi connectivity index (χ3n) is 2.86. The van der Waals surface area contributed by atoms with Crippen LogP contribution in [0.4, 0.5) is 26.1 Å². The molecule has 0 saturated carbocycles. The number of hydrogen-bond acceptors (Lipinski definition) is 0. The number of rotatable bonds is 2. The molecule has 0 nitrogen and oxygen atoms in total. The van der Waals surface area contributed by atoms with Crippen LogP contribution in [0.5, 0.6) is 0 Å². The molecular weight excluding hydrogens is 308 g/mol. The van der Waals surface area contributed by atoms with Crippen LogP contribution < -0.4 is 51.4 Å². The molecule has 0 aliphatic rings. The van der Waals surface area contributed by atoms with E-state index in [1.165, 1.54) is 12.1 Å². The molecule has 1 unspecified atom stereocenters. The fourth-order valence-electron chi connectivity index (χ4n) is 2.02. The van der Waals surface area contributed by atoms with Crippen LogP contribution in [0.15, 0.2) is 42.5 Å². The van der Waals surface area contributed by atoms with E-state index in [2.05, 4.69) is 0 Å². The molecule has 2 rings (SSSR count). The van der Waals surface area contributed by atoms with Gasteiger partial charge >= 0.3 is 64.5 Å². The molecule has 1 atom stereocenters. The Morgan fingerprint density at radius 1 is 0.850 bits per heavy atom. The Bertz CT molecular complexity index is 578. The second kappa shape index (κ2) is 6.39. The quantitative estimate of drug-likeness (QED) is 0.586. The van der Waals surface area contributed by atoms with Gasteiger partial charge in [0.05, 0.1) is 0 Å². The minimum Gasteiger partial charge on any atom is -0.448 e. The van der Waals surface area contributed by atoms with E-state index in [4.69, 9.17) is 0 Å². The molecule has 0 bridgehead atoms. The Morgan fingerprint density at radius 3 is 1.90 bits per heavy atom. The summed E-state index contributed by atoms with van der Waals surface area (Å²) in [5.41, 5.74) is -0.765. The van der Waals surface area contributed by atoms with Crippen LogP contribution in [-0.4, -0.2) is 13.2 Å². The molecule has 0 spiro atoms. The molecule has 102 valence electrons. The van der Waals surface area contributed by atoms with Crippen molar-refractivity contribution in [3.05, 3.63) is 48.0 Å². The van der Waals surface area contributed by atoms with Crippen LogP contribution in [0.25, 0.3) is 10.8 Å². The average Bonchev–Trinajstić information content (AvgIpc) is 2.25. The molecule has 0 amide bonds. The summed E-state index contributed by atoms with van der Waals surface area (Å²) in [6.07, 6.45) is -5.33. The maximum absolute atomic E-state index is 12.6. The van der Waals surface area contributed by atoms with Crippen molar-refractivity contribution in [3.63, 3.8) is 0 Å². The van der Waals surface area contributed by atoms with E-state index >= 15 is 0 Å². The number of halogens is 6. The maximum Gasteiger partial charge on any atom is 1.00 e. The molecule has 0 heterocycles. The van der Waals surface area contributed by atoms with E-state index in [0.717, 1.165) is 12.1 Å². The molecule has 2 aromatic rings. The van der Waals surface area contributed by atoms with Crippen LogP contribution in [0.3, 0.4) is 0 Å². The number of benzene rings is 2. The first kappa shape index (κ1) is 18.0. The van der Waals surface area contributed by atoms with E-state index in [-0.39, 0.29) is 51.4 Å². The van der Waals surface area contributed by atoms with Gasteiger partial charge in [-0.1, -0.05) is 48.0 Å². The summed E-state index contributed by atoms with van der Waals surface area (Å²) < 4.78 is 75.7. The molecule has 0 aliphatic carbocycles. The molecular formula is C12H8BF6K. The second-order valence-electron chi connectivity index (χ2n) is 4.25. The molecule has 0 N–H and O–H groups in total. The van der Waals surface area contributed by atoms with Crippen LogP contribution in [0.2, 0.25) is 0 Å². The van der Waals surface area contributed by atoms with E-state index in [1.807, 2.05) is 0 Å². The fraction of sp³-hybridized carbons (Fsp3) is 0.167.